The van der Waals surface area contributed by atoms with Gasteiger partial charge in [-0.05, 0) is 96.3 Å². The summed E-state index contributed by atoms with van der Waals surface area (Å²) in [7, 11) is -4.40. The predicted molar refractivity (Wildman–Crippen MR) is 367 cm³/mol. The predicted octanol–water partition coefficient (Wildman–Crippen LogP) is 23.3. The van der Waals surface area contributed by atoms with Crippen LogP contribution in [0.4, 0.5) is 0 Å². The van der Waals surface area contributed by atoms with E-state index in [1.165, 1.54) is 199 Å². The molecule has 0 fully saturated rings. The number of esters is 2. The number of carbonyl (C=O) groups is 2. The fourth-order valence-electron chi connectivity index (χ4n) is 10.0. The van der Waals surface area contributed by atoms with Gasteiger partial charge in [0.05, 0.1) is 13.2 Å². The minimum atomic E-state index is -4.40. The lowest BCUT2D eigenvalue weighted by molar-refractivity contribution is -0.161. The van der Waals surface area contributed by atoms with Crippen LogP contribution in [0.25, 0.3) is 0 Å². The lowest BCUT2D eigenvalue weighted by Gasteiger charge is -2.19. The zero-order valence-corrected chi connectivity index (χ0v) is 56.0. The van der Waals surface area contributed by atoms with Crippen molar-refractivity contribution >= 4 is 19.8 Å². The molecule has 0 saturated carbocycles. The van der Waals surface area contributed by atoms with Gasteiger partial charge in [-0.3, -0.25) is 18.6 Å². The maximum Gasteiger partial charge on any atom is 0.472 e. The Hall–Kier alpha value is -3.33. The number of phosphoric acid groups is 1. The van der Waals surface area contributed by atoms with Crippen LogP contribution in [0.1, 0.15) is 322 Å². The second kappa shape index (κ2) is 69.8. The zero-order valence-electron chi connectivity index (χ0n) is 55.1. The van der Waals surface area contributed by atoms with Gasteiger partial charge in [-0.25, -0.2) is 4.57 Å². The Morgan fingerprint density at radius 1 is 0.353 bits per heavy atom. The third kappa shape index (κ3) is 69.6. The van der Waals surface area contributed by atoms with Crippen molar-refractivity contribution in [2.75, 3.05) is 26.4 Å². The SMILES string of the molecule is CC/C=C\C/C=C\C/C=C\C/C=C\C/C=C\CCCCCCCCCCCCCCCCCCCCCCCCCC(=O)OC(COC(=O)CCCCCCCCCCCCCC/C=C\C/C=C\C/C=C\C/C=C\CC)COP(=O)(O)OCCN. The largest absolute Gasteiger partial charge is 0.472 e. The van der Waals surface area contributed by atoms with E-state index in [2.05, 4.69) is 123 Å². The summed E-state index contributed by atoms with van der Waals surface area (Å²) in [4.78, 5) is 35.4. The Morgan fingerprint density at radius 3 is 0.906 bits per heavy atom. The Labute approximate surface area is 524 Å². The molecule has 0 bridgehead atoms. The highest BCUT2D eigenvalue weighted by atomic mass is 31.2. The highest BCUT2D eigenvalue weighted by Gasteiger charge is 2.26. The summed E-state index contributed by atoms with van der Waals surface area (Å²) in [6.45, 7) is 3.55. The summed E-state index contributed by atoms with van der Waals surface area (Å²) in [5.74, 6) is -0.820. The van der Waals surface area contributed by atoms with Crippen molar-refractivity contribution in [3.8, 4) is 0 Å². The van der Waals surface area contributed by atoms with Gasteiger partial charge in [0.15, 0.2) is 6.10 Å². The van der Waals surface area contributed by atoms with E-state index < -0.39 is 26.5 Å². The van der Waals surface area contributed by atoms with Crippen LogP contribution in [0.15, 0.2) is 109 Å². The van der Waals surface area contributed by atoms with E-state index in [0.29, 0.717) is 6.42 Å². The summed E-state index contributed by atoms with van der Waals surface area (Å²) in [6.07, 6.45) is 96.2. The Bertz CT molecular complexity index is 1760. The molecule has 0 spiro atoms. The lowest BCUT2D eigenvalue weighted by atomic mass is 10.0. The number of hydrogen-bond acceptors (Lipinski definition) is 8. The maximum atomic E-state index is 12.8. The molecule has 0 heterocycles. The molecule has 0 aromatic carbocycles. The van der Waals surface area contributed by atoms with E-state index in [0.717, 1.165) is 89.9 Å². The number of rotatable bonds is 66. The van der Waals surface area contributed by atoms with Crippen LogP contribution in [0.5, 0.6) is 0 Å². The monoisotopic (exact) mass is 1210 g/mol. The fourth-order valence-corrected chi connectivity index (χ4v) is 10.8. The summed E-state index contributed by atoms with van der Waals surface area (Å²) in [5, 5.41) is 0. The van der Waals surface area contributed by atoms with E-state index in [9.17, 15) is 19.0 Å². The van der Waals surface area contributed by atoms with Crippen LogP contribution in [0, 0.1) is 0 Å². The number of nitrogens with two attached hydrogens (primary N) is 1. The van der Waals surface area contributed by atoms with Gasteiger partial charge >= 0.3 is 19.8 Å². The van der Waals surface area contributed by atoms with Crippen molar-refractivity contribution in [1.82, 2.24) is 0 Å². The van der Waals surface area contributed by atoms with Crippen molar-refractivity contribution in [1.29, 1.82) is 0 Å². The van der Waals surface area contributed by atoms with Crippen molar-refractivity contribution < 1.29 is 37.6 Å². The number of ether oxygens (including phenoxy) is 2. The first kappa shape index (κ1) is 81.7. The van der Waals surface area contributed by atoms with E-state index in [-0.39, 0.29) is 38.6 Å². The van der Waals surface area contributed by atoms with Gasteiger partial charge in [-0.1, -0.05) is 322 Å². The molecule has 0 amide bonds. The molecule has 2 atom stereocenters. The average molecular weight is 1210 g/mol. The fraction of sp³-hybridized carbons (Fsp3) is 0.733. The number of phosphoric ester groups is 1. The van der Waals surface area contributed by atoms with Gasteiger partial charge in [-0.2, -0.15) is 0 Å². The Balaban J connectivity index is 3.82. The molecule has 0 saturated heterocycles. The van der Waals surface area contributed by atoms with Crippen LogP contribution in [-0.2, 0) is 32.7 Å². The Morgan fingerprint density at radius 2 is 0.612 bits per heavy atom. The number of allylic oxidation sites excluding steroid dienone is 18. The number of hydrogen-bond donors (Lipinski definition) is 2. The van der Waals surface area contributed by atoms with E-state index >= 15 is 0 Å². The molecule has 85 heavy (non-hydrogen) atoms. The number of carbonyl (C=O) groups excluding carboxylic acids is 2. The van der Waals surface area contributed by atoms with Gasteiger partial charge in [0, 0.05) is 19.4 Å². The quantitative estimate of drug-likeness (QED) is 0.0264. The first-order valence-electron chi connectivity index (χ1n) is 35.4. The van der Waals surface area contributed by atoms with Gasteiger partial charge in [0.2, 0.25) is 0 Å². The molecule has 9 nitrogen and oxygen atoms in total. The molecule has 0 aliphatic rings. The van der Waals surface area contributed by atoms with E-state index in [4.69, 9.17) is 24.3 Å². The van der Waals surface area contributed by atoms with Crippen molar-refractivity contribution in [3.05, 3.63) is 109 Å². The second-order valence-corrected chi connectivity index (χ2v) is 24.8. The molecule has 3 N–H and O–H groups in total. The highest BCUT2D eigenvalue weighted by Crippen LogP contribution is 2.43. The first-order valence-corrected chi connectivity index (χ1v) is 36.9. The topological polar surface area (TPSA) is 134 Å². The molecular weight excluding hydrogens is 1070 g/mol. The standard InChI is InChI=1S/C75H132NO8P/c1-3-5-7-9-11-13-15-17-19-21-23-25-27-29-30-31-32-33-34-35-36-37-38-39-40-41-42-44-46-48-50-52-54-56-58-60-62-64-66-68-75(78)84-73(72-83-85(79,80)82-70-69-76)71-81-74(77)67-65-63-61-59-57-55-53-51-49-47-45-43-28-26-24-22-20-18-16-14-12-10-8-6-4-2/h5-8,11-14,17-20,23-26,29-30,73H,3-4,9-10,15-16,21-22,27-28,31-72,76H2,1-2H3,(H,79,80)/b7-5-,8-6-,13-11-,14-12-,19-17-,20-18-,25-23-,26-24-,30-29-. The smallest absolute Gasteiger partial charge is 0.462 e. The maximum absolute atomic E-state index is 12.8. The minimum Gasteiger partial charge on any atom is -0.462 e. The number of unbranched alkanes of at least 4 members (excludes halogenated alkanes) is 35. The van der Waals surface area contributed by atoms with Crippen LogP contribution < -0.4 is 5.73 Å². The van der Waals surface area contributed by atoms with Crippen LogP contribution >= 0.6 is 7.82 Å². The highest BCUT2D eigenvalue weighted by molar-refractivity contribution is 7.47. The molecule has 0 aromatic heterocycles. The normalized spacial score (nSPS) is 13.6. The van der Waals surface area contributed by atoms with Gasteiger partial charge in [0.25, 0.3) is 0 Å². The molecule has 490 valence electrons. The molecule has 0 rings (SSSR count). The average Bonchev–Trinajstić information content (AvgIpc) is 3.53. The zero-order chi connectivity index (χ0) is 61.6. The van der Waals surface area contributed by atoms with Crippen molar-refractivity contribution in [2.24, 2.45) is 5.73 Å². The van der Waals surface area contributed by atoms with Crippen molar-refractivity contribution in [3.63, 3.8) is 0 Å². The van der Waals surface area contributed by atoms with Crippen LogP contribution in [0.3, 0.4) is 0 Å². The molecule has 0 radical (unpaired) electrons. The first-order chi connectivity index (χ1) is 41.8. The van der Waals surface area contributed by atoms with Crippen LogP contribution in [-0.4, -0.2) is 49.3 Å². The summed E-state index contributed by atoms with van der Waals surface area (Å²) in [5.41, 5.74) is 5.40. The second-order valence-electron chi connectivity index (χ2n) is 23.3. The molecule has 2 unspecified atom stereocenters. The van der Waals surface area contributed by atoms with Gasteiger partial charge in [0.1, 0.15) is 6.61 Å². The van der Waals surface area contributed by atoms with Crippen molar-refractivity contribution in [2.45, 2.75) is 328 Å². The third-order valence-corrected chi connectivity index (χ3v) is 16.1. The Kier molecular flexibility index (Phi) is 67.0. The minimum absolute atomic E-state index is 0.0513. The molecule has 0 aliphatic heterocycles. The lowest BCUT2D eigenvalue weighted by Crippen LogP contribution is -2.29. The van der Waals surface area contributed by atoms with E-state index in [1.807, 2.05) is 0 Å². The summed E-state index contributed by atoms with van der Waals surface area (Å²) in [6, 6.07) is 0. The summed E-state index contributed by atoms with van der Waals surface area (Å²) < 4.78 is 33.2. The summed E-state index contributed by atoms with van der Waals surface area (Å²) >= 11 is 0. The molecule has 0 aliphatic carbocycles. The molecule has 0 aromatic rings. The van der Waals surface area contributed by atoms with Gasteiger partial charge < -0.3 is 20.1 Å². The van der Waals surface area contributed by atoms with Gasteiger partial charge in [-0.15, -0.1) is 0 Å². The molecular formula is C75H132NO8P. The molecule has 10 heteroatoms. The van der Waals surface area contributed by atoms with E-state index in [1.54, 1.807) is 0 Å². The third-order valence-electron chi connectivity index (χ3n) is 15.2. The van der Waals surface area contributed by atoms with Crippen LogP contribution in [0.2, 0.25) is 0 Å².